The lowest BCUT2D eigenvalue weighted by Gasteiger charge is -2.09. The zero-order valence-corrected chi connectivity index (χ0v) is 8.20. The fourth-order valence-electron chi connectivity index (χ4n) is 1.30. The van der Waals surface area contributed by atoms with E-state index in [0.717, 1.165) is 18.5 Å². The lowest BCUT2D eigenvalue weighted by Crippen LogP contribution is -2.24. The van der Waals surface area contributed by atoms with E-state index in [-0.39, 0.29) is 6.10 Å². The van der Waals surface area contributed by atoms with E-state index >= 15 is 0 Å². The van der Waals surface area contributed by atoms with Crippen molar-refractivity contribution >= 4 is 0 Å². The van der Waals surface area contributed by atoms with Gasteiger partial charge in [-0.2, -0.15) is 5.10 Å². The predicted molar refractivity (Wildman–Crippen MR) is 51.5 cm³/mol. The number of rotatable bonds is 5. The molecule has 0 aliphatic rings. The van der Waals surface area contributed by atoms with E-state index in [1.165, 1.54) is 0 Å². The van der Waals surface area contributed by atoms with Crippen molar-refractivity contribution < 1.29 is 5.11 Å². The number of aliphatic hydroxyl groups excluding tert-OH is 1. The number of nitrogens with one attached hydrogen (secondary N) is 1. The summed E-state index contributed by atoms with van der Waals surface area (Å²) in [5, 5.41) is 16.4. The quantitative estimate of drug-likeness (QED) is 0.672. The molecule has 1 heterocycles. The van der Waals surface area contributed by atoms with E-state index in [4.69, 9.17) is 0 Å². The monoisotopic (exact) mass is 183 g/mol. The molecule has 1 aromatic heterocycles. The largest absolute Gasteiger partial charge is 0.392 e. The van der Waals surface area contributed by atoms with E-state index in [1.807, 2.05) is 24.8 Å². The lowest BCUT2D eigenvalue weighted by atomic mass is 10.1. The predicted octanol–water partition coefficient (Wildman–Crippen LogP) is -0.0670. The highest BCUT2D eigenvalue weighted by atomic mass is 16.3. The molecule has 2 N–H and O–H groups in total. The minimum Gasteiger partial charge on any atom is -0.392 e. The molecule has 1 aromatic rings. The maximum Gasteiger partial charge on any atom is 0.0668 e. The van der Waals surface area contributed by atoms with Gasteiger partial charge in [-0.15, -0.1) is 0 Å². The van der Waals surface area contributed by atoms with E-state index in [2.05, 4.69) is 10.4 Å². The maximum absolute atomic E-state index is 9.45. The molecule has 0 saturated carbocycles. The van der Waals surface area contributed by atoms with Gasteiger partial charge < -0.3 is 10.4 Å². The fraction of sp³-hybridized carbons (Fsp3) is 0.667. The minimum atomic E-state index is -0.264. The number of likely N-dealkylation sites (N-methyl/N-ethyl adjacent to an activating group) is 1. The second-order valence-electron chi connectivity index (χ2n) is 3.20. The SMILES string of the molecule is CNCC(O)CCc1ccnn1C. The van der Waals surface area contributed by atoms with Crippen molar-refractivity contribution in [3.63, 3.8) is 0 Å². The number of aliphatic hydroxyl groups is 1. The van der Waals surface area contributed by atoms with Crippen molar-refractivity contribution in [3.05, 3.63) is 18.0 Å². The molecule has 1 rings (SSSR count). The fourth-order valence-corrected chi connectivity index (χ4v) is 1.30. The molecule has 0 fully saturated rings. The van der Waals surface area contributed by atoms with Crippen LogP contribution in [0.3, 0.4) is 0 Å². The highest BCUT2D eigenvalue weighted by molar-refractivity contribution is 5.00. The zero-order chi connectivity index (χ0) is 9.68. The van der Waals surface area contributed by atoms with Gasteiger partial charge >= 0.3 is 0 Å². The first-order chi connectivity index (χ1) is 6.24. The summed E-state index contributed by atoms with van der Waals surface area (Å²) in [4.78, 5) is 0. The maximum atomic E-state index is 9.45. The molecule has 13 heavy (non-hydrogen) atoms. The summed E-state index contributed by atoms with van der Waals surface area (Å²) in [5.41, 5.74) is 1.16. The van der Waals surface area contributed by atoms with Crippen molar-refractivity contribution in [2.24, 2.45) is 7.05 Å². The second-order valence-corrected chi connectivity index (χ2v) is 3.20. The van der Waals surface area contributed by atoms with E-state index in [0.29, 0.717) is 6.54 Å². The Morgan fingerprint density at radius 1 is 1.69 bits per heavy atom. The number of aryl methyl sites for hydroxylation is 2. The van der Waals surface area contributed by atoms with Crippen LogP contribution < -0.4 is 5.32 Å². The Kier molecular flexibility index (Phi) is 3.92. The van der Waals surface area contributed by atoms with Gasteiger partial charge in [-0.3, -0.25) is 4.68 Å². The van der Waals surface area contributed by atoms with Gasteiger partial charge in [-0.1, -0.05) is 0 Å². The highest BCUT2D eigenvalue weighted by Crippen LogP contribution is 2.02. The van der Waals surface area contributed by atoms with Gasteiger partial charge in [0.05, 0.1) is 6.10 Å². The zero-order valence-electron chi connectivity index (χ0n) is 8.20. The normalized spacial score (nSPS) is 13.2. The Balaban J connectivity index is 2.30. The molecule has 0 saturated heterocycles. The molecule has 0 radical (unpaired) electrons. The van der Waals surface area contributed by atoms with Crippen molar-refractivity contribution in [3.8, 4) is 0 Å². The van der Waals surface area contributed by atoms with Gasteiger partial charge in [-0.25, -0.2) is 0 Å². The highest BCUT2D eigenvalue weighted by Gasteiger charge is 2.04. The minimum absolute atomic E-state index is 0.264. The van der Waals surface area contributed by atoms with Crippen molar-refractivity contribution in [1.82, 2.24) is 15.1 Å². The summed E-state index contributed by atoms with van der Waals surface area (Å²) in [5.74, 6) is 0. The molecule has 0 aliphatic carbocycles. The molecule has 0 aromatic carbocycles. The van der Waals surface area contributed by atoms with Crippen LogP contribution >= 0.6 is 0 Å². The van der Waals surface area contributed by atoms with Crippen LogP contribution in [-0.4, -0.2) is 34.6 Å². The van der Waals surface area contributed by atoms with Crippen molar-refractivity contribution in [2.75, 3.05) is 13.6 Å². The molecule has 4 heteroatoms. The van der Waals surface area contributed by atoms with Crippen molar-refractivity contribution in [2.45, 2.75) is 18.9 Å². The van der Waals surface area contributed by atoms with Crippen LogP contribution in [0, 0.1) is 0 Å². The van der Waals surface area contributed by atoms with Crippen LogP contribution in [0.2, 0.25) is 0 Å². The van der Waals surface area contributed by atoms with Gasteiger partial charge in [0.2, 0.25) is 0 Å². The van der Waals surface area contributed by atoms with Crippen molar-refractivity contribution in [1.29, 1.82) is 0 Å². The first kappa shape index (κ1) is 10.2. The Morgan fingerprint density at radius 2 is 2.46 bits per heavy atom. The summed E-state index contributed by atoms with van der Waals surface area (Å²) in [6.45, 7) is 0.651. The number of nitrogens with zero attached hydrogens (tertiary/aromatic N) is 2. The third-order valence-corrected chi connectivity index (χ3v) is 2.10. The summed E-state index contributed by atoms with van der Waals surface area (Å²) in [7, 11) is 3.76. The van der Waals surface area contributed by atoms with Crippen LogP contribution in [0.25, 0.3) is 0 Å². The van der Waals surface area contributed by atoms with Crippen LogP contribution in [0.15, 0.2) is 12.3 Å². The molecular weight excluding hydrogens is 166 g/mol. The Bertz CT molecular complexity index is 247. The van der Waals surface area contributed by atoms with E-state index in [9.17, 15) is 5.11 Å². The van der Waals surface area contributed by atoms with Gasteiger partial charge in [0.25, 0.3) is 0 Å². The summed E-state index contributed by atoms with van der Waals surface area (Å²) in [6, 6.07) is 1.98. The molecule has 1 atom stereocenters. The van der Waals surface area contributed by atoms with Gasteiger partial charge in [0.1, 0.15) is 0 Å². The van der Waals surface area contributed by atoms with Gasteiger partial charge in [-0.05, 0) is 26.0 Å². The molecule has 0 bridgehead atoms. The molecule has 0 aliphatic heterocycles. The molecule has 0 spiro atoms. The van der Waals surface area contributed by atoms with Gasteiger partial charge in [0.15, 0.2) is 0 Å². The summed E-state index contributed by atoms with van der Waals surface area (Å²) < 4.78 is 1.84. The first-order valence-corrected chi connectivity index (χ1v) is 4.53. The third kappa shape index (κ3) is 3.16. The van der Waals surface area contributed by atoms with Crippen LogP contribution in [0.5, 0.6) is 0 Å². The lowest BCUT2D eigenvalue weighted by molar-refractivity contribution is 0.164. The Hall–Kier alpha value is -0.870. The standard InChI is InChI=1S/C9H17N3O/c1-10-7-9(13)4-3-8-5-6-11-12(8)2/h5-6,9-10,13H,3-4,7H2,1-2H3. The Labute approximate surface area is 78.6 Å². The first-order valence-electron chi connectivity index (χ1n) is 4.53. The average molecular weight is 183 g/mol. The number of hydrogen-bond donors (Lipinski definition) is 2. The van der Waals surface area contributed by atoms with E-state index < -0.39 is 0 Å². The summed E-state index contributed by atoms with van der Waals surface area (Å²) in [6.07, 6.45) is 3.17. The molecule has 74 valence electrons. The molecule has 1 unspecified atom stereocenters. The number of aromatic nitrogens is 2. The Morgan fingerprint density at radius 3 is 3.00 bits per heavy atom. The van der Waals surface area contributed by atoms with Gasteiger partial charge in [0, 0.05) is 25.5 Å². The third-order valence-electron chi connectivity index (χ3n) is 2.10. The van der Waals surface area contributed by atoms with Crippen LogP contribution in [0.1, 0.15) is 12.1 Å². The smallest absolute Gasteiger partial charge is 0.0668 e. The second kappa shape index (κ2) is 4.99. The molecular formula is C9H17N3O. The summed E-state index contributed by atoms with van der Waals surface area (Å²) >= 11 is 0. The average Bonchev–Trinajstić information content (AvgIpc) is 2.48. The van der Waals surface area contributed by atoms with Crippen LogP contribution in [0.4, 0.5) is 0 Å². The molecule has 4 nitrogen and oxygen atoms in total. The molecule has 0 amide bonds. The topological polar surface area (TPSA) is 50.1 Å². The van der Waals surface area contributed by atoms with Crippen LogP contribution in [-0.2, 0) is 13.5 Å². The number of hydrogen-bond acceptors (Lipinski definition) is 3. The van der Waals surface area contributed by atoms with E-state index in [1.54, 1.807) is 6.20 Å².